The van der Waals surface area contributed by atoms with Gasteiger partial charge in [0.05, 0.1) is 5.60 Å². The fraction of sp³-hybridized carbons (Fsp3) is 0.667. The summed E-state index contributed by atoms with van der Waals surface area (Å²) in [6, 6.07) is 8.05. The van der Waals surface area contributed by atoms with Crippen molar-refractivity contribution in [3.63, 3.8) is 0 Å². The minimum atomic E-state index is -1.11. The first-order valence-corrected chi connectivity index (χ1v) is 11.0. The second kappa shape index (κ2) is 7.75. The number of carbonyl (C=O) groups is 2. The van der Waals surface area contributed by atoms with Crippen molar-refractivity contribution in [2.75, 3.05) is 31.6 Å². The molecule has 2 amide bonds. The maximum Gasteiger partial charge on any atom is 0.243 e. The highest BCUT2D eigenvalue weighted by Gasteiger charge is 2.80. The number of fused-ring (bicyclic) bond motifs is 3. The summed E-state index contributed by atoms with van der Waals surface area (Å²) in [4.78, 5) is 31.9. The van der Waals surface area contributed by atoms with Crippen LogP contribution >= 0.6 is 0 Å². The van der Waals surface area contributed by atoms with Crippen molar-refractivity contribution in [1.82, 2.24) is 4.90 Å². The zero-order chi connectivity index (χ0) is 21.4. The van der Waals surface area contributed by atoms with Gasteiger partial charge in [0.15, 0.2) is 0 Å². The number of para-hydroxylation sites is 1. The molecule has 0 spiro atoms. The smallest absolute Gasteiger partial charge is 0.243 e. The van der Waals surface area contributed by atoms with E-state index in [-0.39, 0.29) is 11.8 Å². The number of benzene rings is 1. The quantitative estimate of drug-likeness (QED) is 0.616. The molecule has 1 aromatic rings. The Balaban J connectivity index is 2.24. The highest BCUT2D eigenvalue weighted by molar-refractivity contribution is 6.17. The number of methoxy groups -OCH3 is 1. The van der Waals surface area contributed by atoms with E-state index in [1.165, 1.54) is 0 Å². The Morgan fingerprint density at radius 2 is 1.72 bits per heavy atom. The van der Waals surface area contributed by atoms with Gasteiger partial charge >= 0.3 is 0 Å². The minimum Gasteiger partial charge on any atom is -0.377 e. The molecule has 3 atom stereocenters. The fourth-order valence-corrected chi connectivity index (χ4v) is 5.71. The van der Waals surface area contributed by atoms with Crippen molar-refractivity contribution in [2.45, 2.75) is 71.3 Å². The molecule has 0 unspecified atom stereocenters. The zero-order valence-corrected chi connectivity index (χ0v) is 18.9. The number of hydrogen-bond donors (Lipinski definition) is 0. The van der Waals surface area contributed by atoms with E-state index in [1.54, 1.807) is 7.11 Å². The predicted octanol–water partition coefficient (Wildman–Crippen LogP) is 4.14. The van der Waals surface area contributed by atoms with Crippen LogP contribution in [0.1, 0.15) is 65.9 Å². The van der Waals surface area contributed by atoms with E-state index in [4.69, 9.17) is 4.74 Å². The van der Waals surface area contributed by atoms with Gasteiger partial charge in [-0.1, -0.05) is 45.9 Å². The molecule has 5 nitrogen and oxygen atoms in total. The Hall–Kier alpha value is -1.88. The van der Waals surface area contributed by atoms with Crippen LogP contribution in [0.4, 0.5) is 5.69 Å². The van der Waals surface area contributed by atoms with Crippen LogP contribution in [0.3, 0.4) is 0 Å². The second-order valence-electron chi connectivity index (χ2n) is 8.91. The van der Waals surface area contributed by atoms with Crippen LogP contribution in [0.15, 0.2) is 24.3 Å². The first kappa shape index (κ1) is 21.8. The number of carbonyl (C=O) groups excluding carboxylic acids is 2. The van der Waals surface area contributed by atoms with Gasteiger partial charge in [0.25, 0.3) is 0 Å². The van der Waals surface area contributed by atoms with Crippen LogP contribution in [0.2, 0.25) is 0 Å². The monoisotopic (exact) mass is 400 g/mol. The number of anilines is 1. The van der Waals surface area contributed by atoms with Crippen LogP contribution in [0.5, 0.6) is 0 Å². The Labute approximate surface area is 175 Å². The second-order valence-corrected chi connectivity index (χ2v) is 8.91. The van der Waals surface area contributed by atoms with E-state index in [2.05, 4.69) is 33.8 Å². The third-order valence-electron chi connectivity index (χ3n) is 7.39. The Morgan fingerprint density at radius 3 is 2.28 bits per heavy atom. The highest BCUT2D eigenvalue weighted by Crippen LogP contribution is 2.69. The molecule has 0 saturated heterocycles. The molecule has 1 aliphatic carbocycles. The van der Waals surface area contributed by atoms with Crippen LogP contribution in [0.25, 0.3) is 0 Å². The van der Waals surface area contributed by atoms with Crippen molar-refractivity contribution in [2.24, 2.45) is 5.41 Å². The molecular formula is C24H36N2O3. The molecule has 5 heteroatoms. The standard InChI is InChI=1S/C24H36N2O3/c1-7-14-25(15-8-2)20(27)24-17-22(4,29-6)23(24,5)18-12-10-11-13-19(18)26(16-9-3)21(24)28/h10-13H,7-9,14-17H2,1-6H3/t22-,23+,24-/m1/s1. The number of rotatable bonds is 8. The Bertz CT molecular complexity index is 788. The predicted molar refractivity (Wildman–Crippen MR) is 116 cm³/mol. The summed E-state index contributed by atoms with van der Waals surface area (Å²) >= 11 is 0. The van der Waals surface area contributed by atoms with Gasteiger partial charge in [-0.15, -0.1) is 0 Å². The summed E-state index contributed by atoms with van der Waals surface area (Å²) in [6.07, 6.45) is 3.02. The summed E-state index contributed by atoms with van der Waals surface area (Å²) in [5.41, 5.74) is -0.415. The molecule has 3 rings (SSSR count). The molecule has 1 aliphatic heterocycles. The van der Waals surface area contributed by atoms with E-state index < -0.39 is 16.4 Å². The van der Waals surface area contributed by atoms with E-state index >= 15 is 0 Å². The van der Waals surface area contributed by atoms with Gasteiger partial charge < -0.3 is 14.5 Å². The molecule has 0 aromatic heterocycles. The van der Waals surface area contributed by atoms with Gasteiger partial charge in [-0.2, -0.15) is 0 Å². The Kier molecular flexibility index (Phi) is 5.83. The van der Waals surface area contributed by atoms with Crippen LogP contribution < -0.4 is 4.90 Å². The number of amides is 2. The van der Waals surface area contributed by atoms with Gasteiger partial charge in [0, 0.05) is 44.3 Å². The van der Waals surface area contributed by atoms with Crippen molar-refractivity contribution in [1.29, 1.82) is 0 Å². The molecular weight excluding hydrogens is 364 g/mol. The Morgan fingerprint density at radius 1 is 1.10 bits per heavy atom. The van der Waals surface area contributed by atoms with E-state index in [0.717, 1.165) is 30.5 Å². The molecule has 0 N–H and O–H groups in total. The lowest BCUT2D eigenvalue weighted by Crippen LogP contribution is -2.81. The normalized spacial score (nSPS) is 30.4. The maximum atomic E-state index is 14.1. The van der Waals surface area contributed by atoms with Gasteiger partial charge in [-0.05, 0) is 37.8 Å². The molecule has 29 heavy (non-hydrogen) atoms. The first-order valence-electron chi connectivity index (χ1n) is 11.0. The largest absolute Gasteiger partial charge is 0.377 e. The zero-order valence-electron chi connectivity index (χ0n) is 18.9. The fourth-order valence-electron chi connectivity index (χ4n) is 5.71. The molecule has 1 saturated carbocycles. The van der Waals surface area contributed by atoms with Gasteiger partial charge in [0.2, 0.25) is 11.8 Å². The van der Waals surface area contributed by atoms with Crippen LogP contribution in [-0.2, 0) is 19.7 Å². The summed E-state index contributed by atoms with van der Waals surface area (Å²) in [7, 11) is 1.70. The van der Waals surface area contributed by atoms with Crippen molar-refractivity contribution in [3.05, 3.63) is 29.8 Å². The molecule has 160 valence electrons. The number of ether oxygens (including phenoxy) is 1. The summed E-state index contributed by atoms with van der Waals surface area (Å²) in [5, 5.41) is 0. The van der Waals surface area contributed by atoms with E-state index in [1.807, 2.05) is 34.9 Å². The summed E-state index contributed by atoms with van der Waals surface area (Å²) in [6.45, 7) is 12.3. The minimum absolute atomic E-state index is 0.0289. The third kappa shape index (κ3) is 2.69. The molecule has 0 radical (unpaired) electrons. The van der Waals surface area contributed by atoms with Crippen molar-refractivity contribution in [3.8, 4) is 0 Å². The number of hydrogen-bond acceptors (Lipinski definition) is 3. The average Bonchev–Trinajstić information content (AvgIpc) is 2.73. The van der Waals surface area contributed by atoms with E-state index in [9.17, 15) is 9.59 Å². The lowest BCUT2D eigenvalue weighted by Gasteiger charge is -2.69. The SMILES string of the molecule is CCCN(CCC)C(=O)[C@@]12C[C@@](C)(OC)[C@]1(C)c1ccccc1N(CCC)C2=O. The molecule has 1 fully saturated rings. The summed E-state index contributed by atoms with van der Waals surface area (Å²) in [5.74, 6) is -0.0869. The summed E-state index contributed by atoms with van der Waals surface area (Å²) < 4.78 is 5.98. The lowest BCUT2D eigenvalue weighted by atomic mass is 9.38. The lowest BCUT2D eigenvalue weighted by molar-refractivity contribution is -0.223. The first-order chi connectivity index (χ1) is 13.8. The average molecular weight is 401 g/mol. The molecule has 1 aromatic carbocycles. The molecule has 1 heterocycles. The highest BCUT2D eigenvalue weighted by atomic mass is 16.5. The van der Waals surface area contributed by atoms with Crippen molar-refractivity contribution >= 4 is 17.5 Å². The van der Waals surface area contributed by atoms with Crippen molar-refractivity contribution < 1.29 is 14.3 Å². The van der Waals surface area contributed by atoms with Gasteiger partial charge in [-0.3, -0.25) is 9.59 Å². The van der Waals surface area contributed by atoms with Gasteiger partial charge in [0.1, 0.15) is 5.41 Å². The van der Waals surface area contributed by atoms with E-state index in [0.29, 0.717) is 26.1 Å². The van der Waals surface area contributed by atoms with Crippen LogP contribution in [0, 0.1) is 5.41 Å². The molecule has 0 bridgehead atoms. The molecule has 2 aliphatic rings. The van der Waals surface area contributed by atoms with Gasteiger partial charge in [-0.25, -0.2) is 0 Å². The third-order valence-corrected chi connectivity index (χ3v) is 7.39. The number of nitrogens with zero attached hydrogens (tertiary/aromatic N) is 2. The topological polar surface area (TPSA) is 49.9 Å². The van der Waals surface area contributed by atoms with Crippen LogP contribution in [-0.4, -0.2) is 49.1 Å². The maximum absolute atomic E-state index is 14.1.